The van der Waals surface area contributed by atoms with Crippen molar-refractivity contribution < 1.29 is 96.4 Å². The maximum absolute atomic E-state index is 12.0. The number of phosphoric ester groups is 3. The van der Waals surface area contributed by atoms with Gasteiger partial charge in [0.2, 0.25) is 0 Å². The summed E-state index contributed by atoms with van der Waals surface area (Å²) in [6, 6.07) is 0. The summed E-state index contributed by atoms with van der Waals surface area (Å²) in [5.41, 5.74) is 0. The Labute approximate surface area is 422 Å². The van der Waals surface area contributed by atoms with Crippen LogP contribution in [0.5, 0.6) is 0 Å². The third-order valence-corrected chi connectivity index (χ3v) is 14.6. The Kier molecular flexibility index (Phi) is 53.6. The molecule has 7 unspecified atom stereocenters. The monoisotopic (exact) mass is 1090 g/mol. The third-order valence-electron chi connectivity index (χ3n) is 11.7. The van der Waals surface area contributed by atoms with Crippen LogP contribution >= 0.6 is 23.5 Å². The van der Waals surface area contributed by atoms with Gasteiger partial charge in [0.1, 0.15) is 0 Å². The maximum atomic E-state index is 12.0. The van der Waals surface area contributed by atoms with Crippen molar-refractivity contribution in [2.45, 2.75) is 243 Å². The molecule has 12 nitrogen and oxygen atoms in total. The molecule has 0 saturated carbocycles. The van der Waals surface area contributed by atoms with Crippen LogP contribution in [0.2, 0.25) is 0 Å². The second kappa shape index (κ2) is 47.4. The van der Waals surface area contributed by atoms with Gasteiger partial charge in [0.05, 0.1) is 39.1 Å². The molecule has 0 aliphatic rings. The quantitative estimate of drug-likeness (QED) is 0.0497. The predicted octanol–water partition coefficient (Wildman–Crippen LogP) is 16.4. The Balaban J connectivity index is -0.000000411. The van der Waals surface area contributed by atoms with E-state index in [2.05, 4.69) is 76.2 Å². The average Bonchev–Trinajstić information content (AvgIpc) is 3.25. The summed E-state index contributed by atoms with van der Waals surface area (Å²) in [7, 11) is -11.7. The molecule has 0 spiro atoms. The van der Waals surface area contributed by atoms with Gasteiger partial charge in [-0.25, -0.2) is 13.7 Å². The molecule has 7 atom stereocenters. The summed E-state index contributed by atoms with van der Waals surface area (Å²) in [4.78, 5) is 29.3. The van der Waals surface area contributed by atoms with E-state index in [1.807, 2.05) is 6.92 Å². The van der Waals surface area contributed by atoms with Crippen molar-refractivity contribution in [3.8, 4) is 0 Å². The van der Waals surface area contributed by atoms with Crippen molar-refractivity contribution in [2.24, 2.45) is 29.6 Å². The maximum Gasteiger partial charge on any atom is 0.472 e. The van der Waals surface area contributed by atoms with E-state index in [0.29, 0.717) is 62.6 Å². The Morgan fingerprint density at radius 3 is 0.730 bits per heavy atom. The Morgan fingerprint density at radius 2 is 0.540 bits per heavy atom. The molecule has 0 aromatic rings. The third kappa shape index (κ3) is 45.9. The molecule has 0 bridgehead atoms. The largest absolute Gasteiger partial charge is 0.472 e. The Hall–Kier alpha value is 1.68. The van der Waals surface area contributed by atoms with E-state index in [1.54, 1.807) is 0 Å². The number of hydrogen-bond donors (Lipinski definition) is 3. The zero-order chi connectivity index (χ0) is 47.7. The van der Waals surface area contributed by atoms with Gasteiger partial charge in [-0.05, 0) is 74.5 Å². The van der Waals surface area contributed by atoms with Gasteiger partial charge in [0.15, 0.2) is 0 Å². The van der Waals surface area contributed by atoms with Crippen LogP contribution in [0.15, 0.2) is 0 Å². The molecular formula is C47H103NdO12P3. The summed E-state index contributed by atoms with van der Waals surface area (Å²) in [6.45, 7) is 26.8. The topological polar surface area (TPSA) is 167 Å². The van der Waals surface area contributed by atoms with Gasteiger partial charge in [0.25, 0.3) is 0 Å². The molecule has 0 heterocycles. The van der Waals surface area contributed by atoms with Crippen molar-refractivity contribution in [2.75, 3.05) is 33.0 Å². The number of hydrogen-bond acceptors (Lipinski definition) is 9. The van der Waals surface area contributed by atoms with Gasteiger partial charge in [0, 0.05) is 40.8 Å². The molecule has 0 amide bonds. The summed E-state index contributed by atoms with van der Waals surface area (Å²) < 4.78 is 66.9. The van der Waals surface area contributed by atoms with Crippen LogP contribution < -0.4 is 0 Å². The SMILES string of the molecule is CCCCC(CC)COP(=O)(O)OC(CC)CCCC.CCCCC(CC)COP(=O)(O)OCC(CC)CCCC.CCCCC(CC)COP(=O)(O)OCC(CC)CCCC.[Nd]. The zero-order valence-corrected chi connectivity index (χ0v) is 48.7. The number of unbranched alkanes of at least 4 members (excludes halogenated alkanes) is 6. The molecule has 0 radical (unpaired) electrons. The molecule has 0 aromatic heterocycles. The van der Waals surface area contributed by atoms with E-state index >= 15 is 0 Å². The van der Waals surface area contributed by atoms with Crippen LogP contribution in [-0.2, 0) is 40.8 Å². The molecule has 0 fully saturated rings. The molecule has 0 aliphatic heterocycles. The van der Waals surface area contributed by atoms with Gasteiger partial charge in [-0.15, -0.1) is 0 Å². The van der Waals surface area contributed by atoms with Gasteiger partial charge in [-0.2, -0.15) is 0 Å². The minimum absolute atomic E-state index is 0. The van der Waals surface area contributed by atoms with E-state index in [9.17, 15) is 28.4 Å². The molecule has 3 N–H and O–H groups in total. The van der Waals surface area contributed by atoms with Crippen molar-refractivity contribution in [3.63, 3.8) is 0 Å². The Morgan fingerprint density at radius 1 is 0.333 bits per heavy atom. The first kappa shape index (κ1) is 71.2. The minimum Gasteiger partial charge on any atom is -0.302 e. The van der Waals surface area contributed by atoms with Crippen LogP contribution in [0.4, 0.5) is 0 Å². The fourth-order valence-electron chi connectivity index (χ4n) is 6.55. The first-order valence-electron chi connectivity index (χ1n) is 25.3. The van der Waals surface area contributed by atoms with Crippen LogP contribution in [0.3, 0.4) is 0 Å². The summed E-state index contributed by atoms with van der Waals surface area (Å²) >= 11 is 0. The van der Waals surface area contributed by atoms with E-state index in [4.69, 9.17) is 27.1 Å². The van der Waals surface area contributed by atoms with E-state index in [1.165, 1.54) is 0 Å². The van der Waals surface area contributed by atoms with Crippen molar-refractivity contribution >= 4 is 23.5 Å². The summed E-state index contributed by atoms with van der Waals surface area (Å²) in [5, 5.41) is 0. The fourth-order valence-corrected chi connectivity index (χ4v) is 9.38. The molecule has 0 aromatic carbocycles. The van der Waals surface area contributed by atoms with Gasteiger partial charge < -0.3 is 14.7 Å². The van der Waals surface area contributed by atoms with E-state index < -0.39 is 23.5 Å². The molecule has 382 valence electrons. The predicted molar refractivity (Wildman–Crippen MR) is 260 cm³/mol. The summed E-state index contributed by atoms with van der Waals surface area (Å²) in [6.07, 6.45) is 24.8. The first-order valence-corrected chi connectivity index (χ1v) is 29.8. The summed E-state index contributed by atoms with van der Waals surface area (Å²) in [5.74, 6) is 1.72. The molecule has 16 heteroatoms. The van der Waals surface area contributed by atoms with Crippen LogP contribution in [0.25, 0.3) is 0 Å². The fraction of sp³-hybridized carbons (Fsp3) is 1.00. The molecule has 0 saturated heterocycles. The van der Waals surface area contributed by atoms with Crippen molar-refractivity contribution in [1.29, 1.82) is 0 Å². The van der Waals surface area contributed by atoms with E-state index in [0.717, 1.165) is 154 Å². The molecule has 63 heavy (non-hydrogen) atoms. The van der Waals surface area contributed by atoms with Crippen molar-refractivity contribution in [3.05, 3.63) is 0 Å². The van der Waals surface area contributed by atoms with Crippen LogP contribution in [0.1, 0.15) is 237 Å². The van der Waals surface area contributed by atoms with Crippen LogP contribution in [-0.4, -0.2) is 53.8 Å². The van der Waals surface area contributed by atoms with Gasteiger partial charge in [-0.3, -0.25) is 27.1 Å². The first-order chi connectivity index (χ1) is 29.5. The van der Waals surface area contributed by atoms with Gasteiger partial charge >= 0.3 is 23.5 Å². The van der Waals surface area contributed by atoms with Crippen molar-refractivity contribution in [1.82, 2.24) is 0 Å². The number of phosphoric acid groups is 3. The molecule has 0 aliphatic carbocycles. The smallest absolute Gasteiger partial charge is 0.302 e. The van der Waals surface area contributed by atoms with Gasteiger partial charge in [-0.1, -0.05) is 192 Å². The zero-order valence-electron chi connectivity index (χ0n) is 42.8. The second-order valence-electron chi connectivity index (χ2n) is 17.2. The standard InChI is InChI=1S/2C16H35O4P.C15H33O4P.Nd/c2*1-5-9-11-15(7-3)13-19-21(17,18)20-14-16(8-4)12-10-6-2;1-5-9-11-14(7-3)13-18-20(16,17)19-15(8-4)12-10-6-2;/h2*15-16H,5-14H2,1-4H3,(H,17,18);14-15H,5-13H2,1-4H3,(H,16,17);. The molecular weight excluding hydrogens is 994 g/mol. The molecule has 0 rings (SSSR count). The minimum atomic E-state index is -3.90. The number of rotatable bonds is 41. The van der Waals surface area contributed by atoms with Crippen LogP contribution in [0, 0.1) is 70.4 Å². The van der Waals surface area contributed by atoms with E-state index in [-0.39, 0.29) is 46.9 Å². The second-order valence-corrected chi connectivity index (χ2v) is 21.6. The normalized spacial score (nSPS) is 17.2. The Bertz CT molecular complexity index is 1000. The average molecular weight is 1100 g/mol.